The summed E-state index contributed by atoms with van der Waals surface area (Å²) in [4.78, 5) is 33.8. The Morgan fingerprint density at radius 1 is 1.50 bits per heavy atom. The number of fused-ring (bicyclic) bond motifs is 1. The van der Waals surface area contributed by atoms with Gasteiger partial charge in [-0.25, -0.2) is 4.79 Å². The van der Waals surface area contributed by atoms with Gasteiger partial charge in [0, 0.05) is 13.6 Å². The lowest BCUT2D eigenvalue weighted by molar-refractivity contribution is 0.770. The van der Waals surface area contributed by atoms with Crippen LogP contribution >= 0.6 is 0 Å². The molecule has 2 aromatic heterocycles. The number of aromatic nitrogens is 4. The van der Waals surface area contributed by atoms with E-state index >= 15 is 0 Å². The van der Waals surface area contributed by atoms with Crippen molar-refractivity contribution >= 4 is 22.8 Å². The van der Waals surface area contributed by atoms with Crippen LogP contribution in [0.15, 0.2) is 22.2 Å². The standard InChI is InChI=1S/C10H12N6O2/c1-3-4-16-7-5(6(11)13-10(16)18)8(17)15-9(12-2)14-7/h3H,1,4H2,2H3,(H2,11,13,18)(H2,12,14,15,17). The minimum Gasteiger partial charge on any atom is -0.383 e. The van der Waals surface area contributed by atoms with E-state index in [2.05, 4.69) is 26.8 Å². The van der Waals surface area contributed by atoms with Crippen LogP contribution in [0.2, 0.25) is 0 Å². The first-order valence-electron chi connectivity index (χ1n) is 5.17. The van der Waals surface area contributed by atoms with Gasteiger partial charge in [-0.15, -0.1) is 6.58 Å². The number of nitrogens with zero attached hydrogens (tertiary/aromatic N) is 3. The quantitative estimate of drug-likeness (QED) is 0.617. The molecule has 94 valence electrons. The molecule has 8 nitrogen and oxygen atoms in total. The molecular formula is C10H12N6O2. The lowest BCUT2D eigenvalue weighted by atomic mass is 10.3. The number of H-pyrrole nitrogens is 1. The van der Waals surface area contributed by atoms with Gasteiger partial charge in [0.05, 0.1) is 0 Å². The van der Waals surface area contributed by atoms with Crippen LogP contribution in [0, 0.1) is 0 Å². The Kier molecular flexibility index (Phi) is 2.84. The van der Waals surface area contributed by atoms with Crippen molar-refractivity contribution in [3.05, 3.63) is 33.5 Å². The van der Waals surface area contributed by atoms with E-state index in [1.165, 1.54) is 10.6 Å². The topological polar surface area (TPSA) is 119 Å². The average molecular weight is 248 g/mol. The maximum Gasteiger partial charge on any atom is 0.351 e. The number of rotatable bonds is 3. The smallest absolute Gasteiger partial charge is 0.351 e. The highest BCUT2D eigenvalue weighted by atomic mass is 16.1. The zero-order valence-corrected chi connectivity index (χ0v) is 9.73. The molecule has 18 heavy (non-hydrogen) atoms. The summed E-state index contributed by atoms with van der Waals surface area (Å²) < 4.78 is 1.23. The van der Waals surface area contributed by atoms with Crippen molar-refractivity contribution in [2.24, 2.45) is 0 Å². The molecule has 2 aromatic rings. The van der Waals surface area contributed by atoms with Crippen LogP contribution in [0.25, 0.3) is 11.0 Å². The van der Waals surface area contributed by atoms with Crippen molar-refractivity contribution in [2.75, 3.05) is 18.1 Å². The lowest BCUT2D eigenvalue weighted by Crippen LogP contribution is -2.28. The molecule has 0 unspecified atom stereocenters. The van der Waals surface area contributed by atoms with Gasteiger partial charge in [-0.2, -0.15) is 9.97 Å². The van der Waals surface area contributed by atoms with Gasteiger partial charge < -0.3 is 11.1 Å². The summed E-state index contributed by atoms with van der Waals surface area (Å²) in [6.07, 6.45) is 1.51. The Labute approximate surface area is 101 Å². The largest absolute Gasteiger partial charge is 0.383 e. The molecule has 0 aromatic carbocycles. The van der Waals surface area contributed by atoms with E-state index in [1.807, 2.05) is 0 Å². The number of nitrogen functional groups attached to an aromatic ring is 1. The summed E-state index contributed by atoms with van der Waals surface area (Å²) in [5, 5.41) is 2.79. The van der Waals surface area contributed by atoms with Crippen molar-refractivity contribution in [3.63, 3.8) is 0 Å². The predicted molar refractivity (Wildman–Crippen MR) is 68.6 cm³/mol. The first-order chi connectivity index (χ1) is 8.58. The van der Waals surface area contributed by atoms with Crippen LogP contribution in [-0.2, 0) is 6.54 Å². The average Bonchev–Trinajstić information content (AvgIpc) is 2.33. The second-order valence-electron chi connectivity index (χ2n) is 3.54. The van der Waals surface area contributed by atoms with E-state index in [0.29, 0.717) is 0 Å². The molecule has 0 saturated heterocycles. The summed E-state index contributed by atoms with van der Waals surface area (Å²) in [6.45, 7) is 3.74. The van der Waals surface area contributed by atoms with Gasteiger partial charge in [-0.05, 0) is 0 Å². The van der Waals surface area contributed by atoms with Gasteiger partial charge >= 0.3 is 5.69 Å². The van der Waals surface area contributed by atoms with Gasteiger partial charge in [0.15, 0.2) is 5.65 Å². The maximum absolute atomic E-state index is 11.9. The van der Waals surface area contributed by atoms with E-state index in [0.717, 1.165) is 0 Å². The Balaban J connectivity index is 2.99. The third-order valence-corrected chi connectivity index (χ3v) is 2.41. The van der Waals surface area contributed by atoms with Crippen LogP contribution in [0.5, 0.6) is 0 Å². The Bertz CT molecular complexity index is 729. The molecule has 2 heterocycles. The van der Waals surface area contributed by atoms with Gasteiger partial charge in [0.1, 0.15) is 11.2 Å². The van der Waals surface area contributed by atoms with Crippen LogP contribution in [-0.4, -0.2) is 26.6 Å². The lowest BCUT2D eigenvalue weighted by Gasteiger charge is -2.08. The number of aromatic amines is 1. The van der Waals surface area contributed by atoms with Crippen LogP contribution in [0.4, 0.5) is 11.8 Å². The van der Waals surface area contributed by atoms with Crippen molar-refractivity contribution in [1.82, 2.24) is 19.5 Å². The number of nitrogens with two attached hydrogens (primary N) is 1. The predicted octanol–water partition coefficient (Wildman–Crippen LogP) is -0.710. The van der Waals surface area contributed by atoms with E-state index in [1.54, 1.807) is 7.05 Å². The van der Waals surface area contributed by atoms with Crippen molar-refractivity contribution in [3.8, 4) is 0 Å². The zero-order chi connectivity index (χ0) is 13.3. The fourth-order valence-corrected chi connectivity index (χ4v) is 1.61. The summed E-state index contributed by atoms with van der Waals surface area (Å²) in [6, 6.07) is 0. The molecule has 0 spiro atoms. The SMILES string of the molecule is C=CCn1c(=O)nc(N)c2c(=O)[nH]c(NC)nc21. The van der Waals surface area contributed by atoms with Gasteiger partial charge in [0.25, 0.3) is 5.56 Å². The van der Waals surface area contributed by atoms with E-state index in [-0.39, 0.29) is 29.3 Å². The van der Waals surface area contributed by atoms with Gasteiger partial charge in [-0.1, -0.05) is 6.08 Å². The first-order valence-corrected chi connectivity index (χ1v) is 5.17. The second kappa shape index (κ2) is 4.32. The molecule has 0 aliphatic heterocycles. The van der Waals surface area contributed by atoms with Crippen LogP contribution in [0.3, 0.4) is 0 Å². The molecule has 2 rings (SSSR count). The fraction of sp³-hybridized carbons (Fsp3) is 0.200. The number of hydrogen-bond acceptors (Lipinski definition) is 6. The molecule has 4 N–H and O–H groups in total. The molecule has 0 amide bonds. The van der Waals surface area contributed by atoms with Crippen molar-refractivity contribution in [2.45, 2.75) is 6.54 Å². The van der Waals surface area contributed by atoms with E-state index in [9.17, 15) is 9.59 Å². The Morgan fingerprint density at radius 3 is 2.83 bits per heavy atom. The summed E-state index contributed by atoms with van der Waals surface area (Å²) >= 11 is 0. The minimum atomic E-state index is -0.569. The number of allylic oxidation sites excluding steroid dienone is 1. The molecule has 0 fully saturated rings. The molecule has 0 atom stereocenters. The van der Waals surface area contributed by atoms with E-state index < -0.39 is 11.2 Å². The normalized spacial score (nSPS) is 10.5. The van der Waals surface area contributed by atoms with E-state index in [4.69, 9.17) is 5.73 Å². The molecule has 0 bridgehead atoms. The summed E-state index contributed by atoms with van der Waals surface area (Å²) in [5.41, 5.74) is 4.74. The first kappa shape index (κ1) is 11.8. The molecule has 0 aliphatic carbocycles. The van der Waals surface area contributed by atoms with Gasteiger partial charge in [0.2, 0.25) is 5.95 Å². The minimum absolute atomic E-state index is 0.0930. The van der Waals surface area contributed by atoms with Gasteiger partial charge in [-0.3, -0.25) is 14.3 Å². The number of hydrogen-bond donors (Lipinski definition) is 3. The second-order valence-corrected chi connectivity index (χ2v) is 3.54. The number of anilines is 2. The monoisotopic (exact) mass is 248 g/mol. The highest BCUT2D eigenvalue weighted by molar-refractivity contribution is 5.85. The highest BCUT2D eigenvalue weighted by Gasteiger charge is 2.13. The van der Waals surface area contributed by atoms with Crippen molar-refractivity contribution in [1.29, 1.82) is 0 Å². The molecule has 8 heteroatoms. The molecular weight excluding hydrogens is 236 g/mol. The third-order valence-electron chi connectivity index (χ3n) is 2.41. The summed E-state index contributed by atoms with van der Waals surface area (Å²) in [5.74, 6) is 0.113. The fourth-order valence-electron chi connectivity index (χ4n) is 1.61. The van der Waals surface area contributed by atoms with Crippen molar-refractivity contribution < 1.29 is 0 Å². The highest BCUT2D eigenvalue weighted by Crippen LogP contribution is 2.11. The molecule has 0 aliphatic rings. The van der Waals surface area contributed by atoms with Crippen LogP contribution < -0.4 is 22.3 Å². The molecule has 0 saturated carbocycles. The molecule has 0 radical (unpaired) electrons. The zero-order valence-electron chi connectivity index (χ0n) is 9.73. The third kappa shape index (κ3) is 1.73. The summed E-state index contributed by atoms with van der Waals surface area (Å²) in [7, 11) is 1.60. The van der Waals surface area contributed by atoms with Crippen LogP contribution in [0.1, 0.15) is 0 Å². The maximum atomic E-state index is 11.9. The Morgan fingerprint density at radius 2 is 2.22 bits per heavy atom. The Hall–Kier alpha value is -2.64. The number of nitrogens with one attached hydrogen (secondary N) is 2.